The molecule has 0 aliphatic rings. The van der Waals surface area contributed by atoms with Crippen molar-refractivity contribution in [3.63, 3.8) is 0 Å². The fourth-order valence-corrected chi connectivity index (χ4v) is 3.37. The number of phenols is 1. The summed E-state index contributed by atoms with van der Waals surface area (Å²) in [5, 5.41) is 20.2. The number of rotatable bonds is 7. The predicted octanol–water partition coefficient (Wildman–Crippen LogP) is 2.23. The molecular formula is C21H23N3O5. The Morgan fingerprint density at radius 3 is 2.62 bits per heavy atom. The largest absolute Gasteiger partial charge is 0.508 e. The zero-order chi connectivity index (χ0) is 21.0. The highest BCUT2D eigenvalue weighted by Crippen LogP contribution is 2.33. The van der Waals surface area contributed by atoms with Gasteiger partial charge in [-0.05, 0) is 30.7 Å². The van der Waals surface area contributed by atoms with Crippen molar-refractivity contribution in [3.8, 4) is 11.5 Å². The summed E-state index contributed by atoms with van der Waals surface area (Å²) >= 11 is 0. The predicted molar refractivity (Wildman–Crippen MR) is 106 cm³/mol. The number of aryl methyl sites for hydroxylation is 2. The van der Waals surface area contributed by atoms with Crippen LogP contribution in [0.5, 0.6) is 11.5 Å². The van der Waals surface area contributed by atoms with Crippen molar-refractivity contribution in [3.05, 3.63) is 75.7 Å². The minimum Gasteiger partial charge on any atom is -0.508 e. The number of aromatic hydroxyl groups is 2. The van der Waals surface area contributed by atoms with Crippen LogP contribution in [0.3, 0.4) is 0 Å². The average molecular weight is 397 g/mol. The van der Waals surface area contributed by atoms with Crippen LogP contribution in [-0.4, -0.2) is 37.8 Å². The van der Waals surface area contributed by atoms with Crippen molar-refractivity contribution < 1.29 is 19.7 Å². The van der Waals surface area contributed by atoms with Gasteiger partial charge in [0, 0.05) is 36.5 Å². The number of H-pyrrole nitrogens is 1. The molecule has 1 atom stereocenters. The van der Waals surface area contributed by atoms with E-state index in [-0.39, 0.29) is 29.0 Å². The molecule has 1 aromatic carbocycles. The van der Waals surface area contributed by atoms with Crippen molar-refractivity contribution >= 4 is 5.97 Å². The molecule has 0 radical (unpaired) electrons. The van der Waals surface area contributed by atoms with Gasteiger partial charge in [-0.3, -0.25) is 9.59 Å². The highest BCUT2D eigenvalue weighted by Gasteiger charge is 2.26. The second-order valence-electron chi connectivity index (χ2n) is 6.79. The number of benzene rings is 1. The molecule has 0 spiro atoms. The van der Waals surface area contributed by atoms with E-state index in [0.29, 0.717) is 24.2 Å². The normalized spacial score (nSPS) is 11.9. The molecule has 0 saturated heterocycles. The van der Waals surface area contributed by atoms with Crippen molar-refractivity contribution in [2.24, 2.45) is 0 Å². The quantitative estimate of drug-likeness (QED) is 0.526. The Bertz CT molecular complexity index is 1040. The standard InChI is InChI=1S/C21H23N3O5/c1-13-9-18(26)20(21(28)24(13)8-7-15-11-22-12-23-15)17(10-19(27)29-2)14-3-5-16(25)6-4-14/h3-6,9,11-12,17,25-26H,7-8,10H2,1-2H3,(H,22,23)/t17-/m0/s1. The van der Waals surface area contributed by atoms with Gasteiger partial charge in [0.2, 0.25) is 0 Å². The van der Waals surface area contributed by atoms with Crippen LogP contribution in [0.1, 0.15) is 34.9 Å². The van der Waals surface area contributed by atoms with Crippen LogP contribution < -0.4 is 5.56 Å². The van der Waals surface area contributed by atoms with Gasteiger partial charge in [-0.1, -0.05) is 12.1 Å². The first-order valence-corrected chi connectivity index (χ1v) is 9.17. The number of carbonyl (C=O) groups is 1. The minimum absolute atomic E-state index is 0.0654. The number of phenolic OH excluding ortho intramolecular Hbond substituents is 1. The van der Waals surface area contributed by atoms with E-state index in [4.69, 9.17) is 4.74 Å². The Morgan fingerprint density at radius 1 is 1.28 bits per heavy atom. The molecule has 0 fully saturated rings. The molecule has 3 aromatic rings. The number of carbonyl (C=O) groups excluding carboxylic acids is 1. The highest BCUT2D eigenvalue weighted by molar-refractivity contribution is 5.71. The van der Waals surface area contributed by atoms with E-state index in [1.807, 2.05) is 0 Å². The maximum Gasteiger partial charge on any atom is 0.306 e. The zero-order valence-electron chi connectivity index (χ0n) is 16.3. The molecule has 29 heavy (non-hydrogen) atoms. The van der Waals surface area contributed by atoms with E-state index < -0.39 is 11.9 Å². The maximum absolute atomic E-state index is 13.3. The van der Waals surface area contributed by atoms with E-state index in [2.05, 4.69) is 9.97 Å². The summed E-state index contributed by atoms with van der Waals surface area (Å²) in [5.41, 5.74) is 1.86. The lowest BCUT2D eigenvalue weighted by Crippen LogP contribution is -2.29. The second kappa shape index (κ2) is 8.64. The van der Waals surface area contributed by atoms with Gasteiger partial charge in [0.25, 0.3) is 5.56 Å². The summed E-state index contributed by atoms with van der Waals surface area (Å²) in [6, 6.07) is 7.71. The lowest BCUT2D eigenvalue weighted by Gasteiger charge is -2.20. The van der Waals surface area contributed by atoms with Crippen LogP contribution in [0, 0.1) is 6.92 Å². The third-order valence-corrected chi connectivity index (χ3v) is 4.92. The summed E-state index contributed by atoms with van der Waals surface area (Å²) in [7, 11) is 1.27. The zero-order valence-corrected chi connectivity index (χ0v) is 16.3. The van der Waals surface area contributed by atoms with Gasteiger partial charge in [-0.25, -0.2) is 4.98 Å². The molecule has 0 bridgehead atoms. The Morgan fingerprint density at radius 2 is 2.00 bits per heavy atom. The van der Waals surface area contributed by atoms with Crippen LogP contribution in [0.4, 0.5) is 0 Å². The van der Waals surface area contributed by atoms with Gasteiger partial charge in [-0.2, -0.15) is 0 Å². The number of aromatic nitrogens is 3. The Hall–Kier alpha value is -3.55. The van der Waals surface area contributed by atoms with Crippen molar-refractivity contribution in [2.45, 2.75) is 32.2 Å². The second-order valence-corrected chi connectivity index (χ2v) is 6.79. The number of pyridine rings is 1. The summed E-state index contributed by atoms with van der Waals surface area (Å²) in [5.74, 6) is -1.33. The molecule has 0 unspecified atom stereocenters. The molecule has 0 saturated carbocycles. The first-order valence-electron chi connectivity index (χ1n) is 9.17. The summed E-state index contributed by atoms with van der Waals surface area (Å²) < 4.78 is 6.36. The van der Waals surface area contributed by atoms with E-state index >= 15 is 0 Å². The molecule has 152 valence electrons. The van der Waals surface area contributed by atoms with Crippen LogP contribution in [0.2, 0.25) is 0 Å². The number of aromatic amines is 1. The number of ether oxygens (including phenoxy) is 1. The van der Waals surface area contributed by atoms with Crippen molar-refractivity contribution in [1.82, 2.24) is 14.5 Å². The number of esters is 1. The number of nitrogens with zero attached hydrogens (tertiary/aromatic N) is 2. The highest BCUT2D eigenvalue weighted by atomic mass is 16.5. The van der Waals surface area contributed by atoms with Gasteiger partial charge >= 0.3 is 5.97 Å². The van der Waals surface area contributed by atoms with Gasteiger partial charge in [0.15, 0.2) is 0 Å². The molecular weight excluding hydrogens is 374 g/mol. The molecule has 0 aliphatic carbocycles. The first kappa shape index (κ1) is 20.2. The van der Waals surface area contributed by atoms with Gasteiger partial charge in [-0.15, -0.1) is 0 Å². The molecule has 8 nitrogen and oxygen atoms in total. The Kier molecular flexibility index (Phi) is 6.01. The van der Waals surface area contributed by atoms with Crippen LogP contribution in [0.25, 0.3) is 0 Å². The van der Waals surface area contributed by atoms with E-state index in [0.717, 1.165) is 5.69 Å². The number of hydrogen-bond acceptors (Lipinski definition) is 6. The van der Waals surface area contributed by atoms with Crippen LogP contribution in [0.15, 0.2) is 47.7 Å². The van der Waals surface area contributed by atoms with Gasteiger partial charge in [0.05, 0.1) is 25.4 Å². The average Bonchev–Trinajstić information content (AvgIpc) is 3.21. The molecule has 2 heterocycles. The summed E-state index contributed by atoms with van der Waals surface area (Å²) in [4.78, 5) is 32.3. The number of methoxy groups -OCH3 is 1. The van der Waals surface area contributed by atoms with E-state index in [9.17, 15) is 19.8 Å². The maximum atomic E-state index is 13.3. The third-order valence-electron chi connectivity index (χ3n) is 4.92. The number of hydrogen-bond donors (Lipinski definition) is 3. The topological polar surface area (TPSA) is 117 Å². The van der Waals surface area contributed by atoms with E-state index in [1.54, 1.807) is 36.1 Å². The SMILES string of the molecule is COC(=O)C[C@@H](c1ccc(O)cc1)c1c(O)cc(C)n(CCc2cnc[nH]2)c1=O. The summed E-state index contributed by atoms with van der Waals surface area (Å²) in [6.45, 7) is 2.13. The molecule has 0 amide bonds. The van der Waals surface area contributed by atoms with E-state index in [1.165, 1.54) is 25.3 Å². The monoisotopic (exact) mass is 397 g/mol. The first-order chi connectivity index (χ1) is 13.9. The van der Waals surface area contributed by atoms with Crippen LogP contribution in [-0.2, 0) is 22.5 Å². The minimum atomic E-state index is -0.713. The lowest BCUT2D eigenvalue weighted by molar-refractivity contribution is -0.140. The summed E-state index contributed by atoms with van der Waals surface area (Å²) in [6.07, 6.45) is 3.71. The smallest absolute Gasteiger partial charge is 0.306 e. The molecule has 8 heteroatoms. The Labute approximate surface area is 167 Å². The van der Waals surface area contributed by atoms with Crippen molar-refractivity contribution in [2.75, 3.05) is 7.11 Å². The number of nitrogens with one attached hydrogen (secondary N) is 1. The van der Waals surface area contributed by atoms with Crippen molar-refractivity contribution in [1.29, 1.82) is 0 Å². The molecule has 3 N–H and O–H groups in total. The fourth-order valence-electron chi connectivity index (χ4n) is 3.37. The molecule has 2 aromatic heterocycles. The Balaban J connectivity index is 2.06. The van der Waals surface area contributed by atoms with Gasteiger partial charge in [0.1, 0.15) is 11.5 Å². The number of imidazole rings is 1. The lowest BCUT2D eigenvalue weighted by atomic mass is 9.88. The molecule has 3 rings (SSSR count). The third kappa shape index (κ3) is 4.48. The fraction of sp³-hybridized carbons (Fsp3) is 0.286. The van der Waals surface area contributed by atoms with Crippen LogP contribution >= 0.6 is 0 Å². The molecule has 0 aliphatic heterocycles. The van der Waals surface area contributed by atoms with Gasteiger partial charge < -0.3 is 24.5 Å².